The molecule has 0 aliphatic heterocycles. The van der Waals surface area contributed by atoms with Gasteiger partial charge in [-0.1, -0.05) is 5.16 Å². The lowest BCUT2D eigenvalue weighted by Crippen LogP contribution is -2.03. The van der Waals surface area contributed by atoms with Gasteiger partial charge in [-0.3, -0.25) is 4.79 Å². The van der Waals surface area contributed by atoms with Crippen molar-refractivity contribution in [3.63, 3.8) is 0 Å². The van der Waals surface area contributed by atoms with Crippen molar-refractivity contribution >= 4 is 11.8 Å². The Hall–Kier alpha value is -3.29. The third-order valence-corrected chi connectivity index (χ3v) is 3.46. The van der Waals surface area contributed by atoms with Gasteiger partial charge < -0.3 is 14.6 Å². The van der Waals surface area contributed by atoms with E-state index in [9.17, 15) is 18.4 Å². The van der Waals surface area contributed by atoms with Crippen LogP contribution in [0.3, 0.4) is 0 Å². The molecule has 0 bridgehead atoms. The molecule has 0 saturated heterocycles. The molecule has 2 heterocycles. The standard InChI is InChI=1S/C16H10F2N2O4/c1-7-13(15(21)9-5-12(16(22)23)19-6-9)14(20-24-7)8-2-3-10(17)11(18)4-8/h2-6,19H,1H3,(H,22,23). The third-order valence-electron chi connectivity index (χ3n) is 3.46. The number of nitrogens with one attached hydrogen (secondary N) is 1. The van der Waals surface area contributed by atoms with Crippen LogP contribution in [0.1, 0.15) is 32.2 Å². The van der Waals surface area contributed by atoms with Gasteiger partial charge in [0.2, 0.25) is 0 Å². The van der Waals surface area contributed by atoms with Crippen LogP contribution in [0.25, 0.3) is 11.3 Å². The Labute approximate surface area is 133 Å². The topological polar surface area (TPSA) is 96.2 Å². The summed E-state index contributed by atoms with van der Waals surface area (Å²) in [5, 5.41) is 12.6. The van der Waals surface area contributed by atoms with Crippen molar-refractivity contribution in [1.82, 2.24) is 10.1 Å². The van der Waals surface area contributed by atoms with Gasteiger partial charge in [0.05, 0.1) is 5.56 Å². The molecular formula is C16H10F2N2O4. The summed E-state index contributed by atoms with van der Waals surface area (Å²) in [6.45, 7) is 1.49. The summed E-state index contributed by atoms with van der Waals surface area (Å²) in [6, 6.07) is 4.27. The normalized spacial score (nSPS) is 10.8. The maximum atomic E-state index is 13.4. The van der Waals surface area contributed by atoms with Crippen molar-refractivity contribution in [1.29, 1.82) is 0 Å². The molecule has 2 aromatic heterocycles. The summed E-state index contributed by atoms with van der Waals surface area (Å²) in [4.78, 5) is 26.0. The molecule has 3 rings (SSSR count). The first-order valence-corrected chi connectivity index (χ1v) is 6.76. The van der Waals surface area contributed by atoms with E-state index in [1.54, 1.807) is 0 Å². The van der Waals surface area contributed by atoms with Crippen LogP contribution in [-0.4, -0.2) is 27.0 Å². The number of carboxylic acids is 1. The molecule has 0 radical (unpaired) electrons. The zero-order valence-electron chi connectivity index (χ0n) is 12.3. The van der Waals surface area contributed by atoms with Crippen LogP contribution >= 0.6 is 0 Å². The molecule has 2 N–H and O–H groups in total. The van der Waals surface area contributed by atoms with Gasteiger partial charge in [0.15, 0.2) is 17.4 Å². The number of aromatic nitrogens is 2. The number of benzene rings is 1. The first-order chi connectivity index (χ1) is 11.4. The van der Waals surface area contributed by atoms with Gasteiger partial charge in [0.25, 0.3) is 0 Å². The van der Waals surface area contributed by atoms with Crippen molar-refractivity contribution < 1.29 is 28.0 Å². The second kappa shape index (κ2) is 5.73. The summed E-state index contributed by atoms with van der Waals surface area (Å²) >= 11 is 0. The van der Waals surface area contributed by atoms with Crippen LogP contribution in [0.4, 0.5) is 8.78 Å². The molecule has 0 aliphatic carbocycles. The highest BCUT2D eigenvalue weighted by Crippen LogP contribution is 2.28. The van der Waals surface area contributed by atoms with Crippen molar-refractivity contribution in [2.75, 3.05) is 0 Å². The van der Waals surface area contributed by atoms with E-state index < -0.39 is 23.4 Å². The molecule has 0 unspecified atom stereocenters. The van der Waals surface area contributed by atoms with E-state index in [-0.39, 0.29) is 33.8 Å². The summed E-state index contributed by atoms with van der Waals surface area (Å²) in [5.41, 5.74) is 0.207. The molecule has 6 nitrogen and oxygen atoms in total. The van der Waals surface area contributed by atoms with Crippen LogP contribution in [0.15, 0.2) is 35.0 Å². The fraction of sp³-hybridized carbons (Fsp3) is 0.0625. The maximum Gasteiger partial charge on any atom is 0.352 e. The molecular weight excluding hydrogens is 322 g/mol. The lowest BCUT2D eigenvalue weighted by molar-refractivity contribution is 0.0691. The second-order valence-electron chi connectivity index (χ2n) is 5.03. The van der Waals surface area contributed by atoms with Gasteiger partial charge in [-0.05, 0) is 31.2 Å². The van der Waals surface area contributed by atoms with E-state index >= 15 is 0 Å². The second-order valence-corrected chi connectivity index (χ2v) is 5.03. The number of ketones is 1. The molecule has 8 heteroatoms. The van der Waals surface area contributed by atoms with Crippen LogP contribution in [-0.2, 0) is 0 Å². The zero-order chi connectivity index (χ0) is 17.4. The minimum absolute atomic E-state index is 0.0504. The number of carboxylic acid groups (broad SMARTS) is 1. The van der Waals surface area contributed by atoms with Gasteiger partial charge in [-0.15, -0.1) is 0 Å². The van der Waals surface area contributed by atoms with Crippen molar-refractivity contribution in [2.45, 2.75) is 6.92 Å². The van der Waals surface area contributed by atoms with Gasteiger partial charge in [0, 0.05) is 17.3 Å². The number of carbonyl (C=O) groups excluding carboxylic acids is 1. The van der Waals surface area contributed by atoms with Gasteiger partial charge in [-0.2, -0.15) is 0 Å². The van der Waals surface area contributed by atoms with E-state index in [1.165, 1.54) is 25.3 Å². The largest absolute Gasteiger partial charge is 0.477 e. The summed E-state index contributed by atoms with van der Waals surface area (Å²) < 4.78 is 31.5. The van der Waals surface area contributed by atoms with Crippen LogP contribution < -0.4 is 0 Å². The third kappa shape index (κ3) is 2.58. The van der Waals surface area contributed by atoms with Crippen LogP contribution in [0.2, 0.25) is 0 Å². The summed E-state index contributed by atoms with van der Waals surface area (Å²) in [7, 11) is 0. The maximum absolute atomic E-state index is 13.4. The number of hydrogen-bond donors (Lipinski definition) is 2. The number of hydrogen-bond acceptors (Lipinski definition) is 4. The molecule has 0 atom stereocenters. The number of aryl methyl sites for hydroxylation is 1. The number of halogens is 2. The van der Waals surface area contributed by atoms with Crippen molar-refractivity contribution in [3.05, 3.63) is 64.7 Å². The van der Waals surface area contributed by atoms with E-state index in [4.69, 9.17) is 9.63 Å². The van der Waals surface area contributed by atoms with E-state index in [0.29, 0.717) is 0 Å². The average molecular weight is 332 g/mol. The molecule has 0 spiro atoms. The van der Waals surface area contributed by atoms with Crippen molar-refractivity contribution in [2.24, 2.45) is 0 Å². The highest BCUT2D eigenvalue weighted by Gasteiger charge is 2.24. The van der Waals surface area contributed by atoms with E-state index in [2.05, 4.69) is 10.1 Å². The fourth-order valence-electron chi connectivity index (χ4n) is 2.27. The Balaban J connectivity index is 2.07. The van der Waals surface area contributed by atoms with Gasteiger partial charge in [-0.25, -0.2) is 13.6 Å². The van der Waals surface area contributed by atoms with Gasteiger partial charge >= 0.3 is 5.97 Å². The average Bonchev–Trinajstić information content (AvgIpc) is 3.16. The Morgan fingerprint density at radius 2 is 1.96 bits per heavy atom. The highest BCUT2D eigenvalue weighted by atomic mass is 19.2. The number of H-pyrrole nitrogens is 1. The molecule has 0 aliphatic rings. The molecule has 3 aromatic rings. The number of aromatic carboxylic acids is 1. The van der Waals surface area contributed by atoms with Crippen LogP contribution in [0.5, 0.6) is 0 Å². The van der Waals surface area contributed by atoms with E-state index in [1.807, 2.05) is 0 Å². The molecule has 0 amide bonds. The van der Waals surface area contributed by atoms with Crippen LogP contribution in [0, 0.1) is 18.6 Å². The monoisotopic (exact) mass is 332 g/mol. The predicted molar refractivity (Wildman–Crippen MR) is 77.8 cm³/mol. The Morgan fingerprint density at radius 1 is 1.21 bits per heavy atom. The Kier molecular flexibility index (Phi) is 3.72. The lowest BCUT2D eigenvalue weighted by Gasteiger charge is -2.02. The molecule has 24 heavy (non-hydrogen) atoms. The SMILES string of the molecule is Cc1onc(-c2ccc(F)c(F)c2)c1C(=O)c1c[nH]c(C(=O)O)c1. The number of rotatable bonds is 4. The summed E-state index contributed by atoms with van der Waals surface area (Å²) in [6.07, 6.45) is 1.24. The predicted octanol–water partition coefficient (Wildman–Crippen LogP) is 3.19. The molecule has 1 aromatic carbocycles. The Morgan fingerprint density at radius 3 is 2.58 bits per heavy atom. The lowest BCUT2D eigenvalue weighted by atomic mass is 9.99. The first kappa shape index (κ1) is 15.6. The zero-order valence-corrected chi connectivity index (χ0v) is 12.3. The Bertz CT molecular complexity index is 959. The number of nitrogens with zero attached hydrogens (tertiary/aromatic N) is 1. The fourth-order valence-corrected chi connectivity index (χ4v) is 2.27. The molecule has 122 valence electrons. The van der Waals surface area contributed by atoms with E-state index in [0.717, 1.165) is 12.1 Å². The smallest absolute Gasteiger partial charge is 0.352 e. The quantitative estimate of drug-likeness (QED) is 0.715. The molecule has 0 fully saturated rings. The number of carbonyl (C=O) groups is 2. The minimum atomic E-state index is -1.21. The first-order valence-electron chi connectivity index (χ1n) is 6.76. The molecule has 0 saturated carbocycles. The minimum Gasteiger partial charge on any atom is -0.477 e. The summed E-state index contributed by atoms with van der Waals surface area (Å²) in [5.74, 6) is -3.68. The van der Waals surface area contributed by atoms with Gasteiger partial charge in [0.1, 0.15) is 17.1 Å². The highest BCUT2D eigenvalue weighted by molar-refractivity contribution is 6.13. The van der Waals surface area contributed by atoms with Crippen molar-refractivity contribution in [3.8, 4) is 11.3 Å². The number of aromatic amines is 1.